The van der Waals surface area contributed by atoms with Crippen LogP contribution in [0.15, 0.2) is 48.1 Å². The maximum atomic E-state index is 5.98. The molecule has 1 N–H and O–H groups in total. The lowest BCUT2D eigenvalue weighted by atomic mass is 9.85. The first-order valence-corrected chi connectivity index (χ1v) is 9.17. The standard InChI is InChI=1S/C20H27ClN2/c1-16(2)18-5-3-17(4-6-18)15-22-11-13-23(14-12-22)20-9-7-19(21)8-10-20/h3,7-10,18H,1,4-6,11-15H2,2H3/p+1/t18-/m0/s1. The van der Waals surface area contributed by atoms with Crippen LogP contribution < -0.4 is 9.80 Å². The second-order valence-electron chi connectivity index (χ2n) is 7.07. The van der Waals surface area contributed by atoms with Gasteiger partial charge in [-0.3, -0.25) is 0 Å². The van der Waals surface area contributed by atoms with Gasteiger partial charge >= 0.3 is 0 Å². The number of hydrogen-bond acceptors (Lipinski definition) is 1. The second kappa shape index (κ2) is 7.55. The van der Waals surface area contributed by atoms with Crippen LogP contribution in [0.4, 0.5) is 5.69 Å². The van der Waals surface area contributed by atoms with Crippen molar-refractivity contribution >= 4 is 17.3 Å². The third-order valence-electron chi connectivity index (χ3n) is 5.34. The molecule has 3 rings (SSSR count). The molecule has 0 saturated carbocycles. The molecule has 2 aliphatic rings. The Morgan fingerprint density at radius 2 is 1.96 bits per heavy atom. The van der Waals surface area contributed by atoms with Gasteiger partial charge in [-0.1, -0.05) is 29.8 Å². The Bertz CT molecular complexity index is 568. The molecule has 1 aliphatic heterocycles. The Morgan fingerprint density at radius 3 is 2.52 bits per heavy atom. The van der Waals surface area contributed by atoms with Crippen molar-refractivity contribution in [1.29, 1.82) is 0 Å². The van der Waals surface area contributed by atoms with E-state index in [0.717, 1.165) is 24.0 Å². The van der Waals surface area contributed by atoms with Crippen LogP contribution in [-0.4, -0.2) is 32.7 Å². The zero-order chi connectivity index (χ0) is 16.2. The van der Waals surface area contributed by atoms with Crippen molar-refractivity contribution in [3.05, 3.63) is 53.1 Å². The number of piperazine rings is 1. The fourth-order valence-electron chi connectivity index (χ4n) is 3.73. The van der Waals surface area contributed by atoms with Crippen LogP contribution in [0.3, 0.4) is 0 Å². The molecule has 1 heterocycles. The van der Waals surface area contributed by atoms with E-state index in [0.29, 0.717) is 0 Å². The van der Waals surface area contributed by atoms with E-state index < -0.39 is 0 Å². The van der Waals surface area contributed by atoms with Crippen LogP contribution in [0.1, 0.15) is 26.2 Å². The van der Waals surface area contributed by atoms with Crippen LogP contribution in [0.5, 0.6) is 0 Å². The Morgan fingerprint density at radius 1 is 1.26 bits per heavy atom. The third-order valence-corrected chi connectivity index (χ3v) is 5.59. The van der Waals surface area contributed by atoms with E-state index in [2.05, 4.69) is 36.6 Å². The first-order valence-electron chi connectivity index (χ1n) is 8.79. The number of benzene rings is 1. The van der Waals surface area contributed by atoms with Crippen LogP contribution >= 0.6 is 11.6 Å². The summed E-state index contributed by atoms with van der Waals surface area (Å²) in [6.07, 6.45) is 6.25. The summed E-state index contributed by atoms with van der Waals surface area (Å²) in [7, 11) is 0. The summed E-state index contributed by atoms with van der Waals surface area (Å²) in [6.45, 7) is 12.2. The van der Waals surface area contributed by atoms with Crippen LogP contribution in [0.2, 0.25) is 5.02 Å². The maximum Gasteiger partial charge on any atom is 0.0988 e. The molecule has 0 amide bonds. The van der Waals surface area contributed by atoms with Crippen molar-refractivity contribution in [3.8, 4) is 0 Å². The SMILES string of the molecule is C=C(C)[C@H]1CC=C(C[NH+]2CCN(c3ccc(Cl)cc3)CC2)CC1. The molecular formula is C20H28ClN2+. The summed E-state index contributed by atoms with van der Waals surface area (Å²) in [5.74, 6) is 0.718. The van der Waals surface area contributed by atoms with Gasteiger partial charge in [0.05, 0.1) is 32.7 Å². The largest absolute Gasteiger partial charge is 0.360 e. The molecule has 2 nitrogen and oxygen atoms in total. The van der Waals surface area contributed by atoms with E-state index in [1.165, 1.54) is 50.2 Å². The number of nitrogens with one attached hydrogen (secondary N) is 1. The Labute approximate surface area is 145 Å². The van der Waals surface area contributed by atoms with Gasteiger partial charge in [-0.05, 0) is 61.9 Å². The molecule has 1 saturated heterocycles. The van der Waals surface area contributed by atoms with E-state index in [1.807, 2.05) is 12.1 Å². The van der Waals surface area contributed by atoms with Crippen molar-refractivity contribution in [2.24, 2.45) is 5.92 Å². The van der Waals surface area contributed by atoms with E-state index in [1.54, 1.807) is 10.5 Å². The Balaban J connectivity index is 1.48. The van der Waals surface area contributed by atoms with E-state index in [9.17, 15) is 0 Å². The molecule has 0 aromatic heterocycles. The number of halogens is 1. The highest BCUT2D eigenvalue weighted by molar-refractivity contribution is 6.30. The van der Waals surface area contributed by atoms with Gasteiger partial charge in [0, 0.05) is 10.7 Å². The van der Waals surface area contributed by atoms with Crippen molar-refractivity contribution in [3.63, 3.8) is 0 Å². The maximum absolute atomic E-state index is 5.98. The number of nitrogens with zero attached hydrogens (tertiary/aromatic N) is 1. The molecular weight excluding hydrogens is 304 g/mol. The van der Waals surface area contributed by atoms with Crippen molar-refractivity contribution in [1.82, 2.24) is 0 Å². The molecule has 0 radical (unpaired) electrons. The van der Waals surface area contributed by atoms with Gasteiger partial charge < -0.3 is 9.80 Å². The zero-order valence-corrected chi connectivity index (χ0v) is 14.9. The predicted octanol–water partition coefficient (Wildman–Crippen LogP) is 3.35. The molecule has 0 unspecified atom stereocenters. The summed E-state index contributed by atoms with van der Waals surface area (Å²) in [5.41, 5.74) is 4.32. The minimum atomic E-state index is 0.718. The molecule has 1 aromatic rings. The summed E-state index contributed by atoms with van der Waals surface area (Å²) >= 11 is 5.98. The average molecular weight is 332 g/mol. The van der Waals surface area contributed by atoms with Crippen LogP contribution in [-0.2, 0) is 0 Å². The summed E-state index contributed by atoms with van der Waals surface area (Å²) < 4.78 is 0. The first-order chi connectivity index (χ1) is 11.1. The predicted molar refractivity (Wildman–Crippen MR) is 99.5 cm³/mol. The van der Waals surface area contributed by atoms with Gasteiger partial charge in [0.1, 0.15) is 0 Å². The van der Waals surface area contributed by atoms with Crippen molar-refractivity contribution < 1.29 is 4.90 Å². The molecule has 1 aromatic carbocycles. The van der Waals surface area contributed by atoms with Gasteiger partial charge in [-0.15, -0.1) is 0 Å². The fraction of sp³-hybridized carbons (Fsp3) is 0.500. The zero-order valence-electron chi connectivity index (χ0n) is 14.2. The number of rotatable bonds is 4. The van der Waals surface area contributed by atoms with E-state index in [4.69, 9.17) is 11.6 Å². The lowest BCUT2D eigenvalue weighted by Crippen LogP contribution is -3.15. The normalized spacial score (nSPS) is 22.8. The minimum Gasteiger partial charge on any atom is -0.360 e. The third kappa shape index (κ3) is 4.39. The van der Waals surface area contributed by atoms with Crippen LogP contribution in [0.25, 0.3) is 0 Å². The number of anilines is 1. The molecule has 0 bridgehead atoms. The number of allylic oxidation sites excluding steroid dienone is 2. The highest BCUT2D eigenvalue weighted by Crippen LogP contribution is 2.27. The average Bonchev–Trinajstić information content (AvgIpc) is 2.57. The summed E-state index contributed by atoms with van der Waals surface area (Å²) in [4.78, 5) is 4.21. The Kier molecular flexibility index (Phi) is 5.45. The first kappa shape index (κ1) is 16.6. The fourth-order valence-corrected chi connectivity index (χ4v) is 3.85. The monoisotopic (exact) mass is 331 g/mol. The molecule has 1 aliphatic carbocycles. The van der Waals surface area contributed by atoms with E-state index in [-0.39, 0.29) is 0 Å². The van der Waals surface area contributed by atoms with Crippen molar-refractivity contribution in [2.75, 3.05) is 37.6 Å². The molecule has 3 heteroatoms. The van der Waals surface area contributed by atoms with Gasteiger partial charge in [0.15, 0.2) is 0 Å². The molecule has 1 atom stereocenters. The van der Waals surface area contributed by atoms with Crippen LogP contribution in [0, 0.1) is 5.92 Å². The smallest absolute Gasteiger partial charge is 0.0988 e. The molecule has 0 spiro atoms. The lowest BCUT2D eigenvalue weighted by molar-refractivity contribution is -0.895. The van der Waals surface area contributed by atoms with Gasteiger partial charge in [-0.25, -0.2) is 0 Å². The molecule has 1 fully saturated rings. The van der Waals surface area contributed by atoms with Gasteiger partial charge in [0.2, 0.25) is 0 Å². The molecule has 23 heavy (non-hydrogen) atoms. The Hall–Kier alpha value is -1.25. The van der Waals surface area contributed by atoms with Crippen molar-refractivity contribution in [2.45, 2.75) is 26.2 Å². The second-order valence-corrected chi connectivity index (χ2v) is 7.51. The number of hydrogen-bond donors (Lipinski definition) is 1. The summed E-state index contributed by atoms with van der Waals surface area (Å²) in [5, 5.41) is 0.815. The highest BCUT2D eigenvalue weighted by atomic mass is 35.5. The quantitative estimate of drug-likeness (QED) is 0.831. The highest BCUT2D eigenvalue weighted by Gasteiger charge is 2.23. The molecule has 124 valence electrons. The van der Waals surface area contributed by atoms with E-state index >= 15 is 0 Å². The van der Waals surface area contributed by atoms with Gasteiger partial charge in [-0.2, -0.15) is 0 Å². The van der Waals surface area contributed by atoms with Gasteiger partial charge in [0.25, 0.3) is 0 Å². The topological polar surface area (TPSA) is 7.68 Å². The minimum absolute atomic E-state index is 0.718. The summed E-state index contributed by atoms with van der Waals surface area (Å²) in [6, 6.07) is 8.24. The number of quaternary nitrogens is 1. The lowest BCUT2D eigenvalue weighted by Gasteiger charge is -2.34.